The van der Waals surface area contributed by atoms with Crippen molar-refractivity contribution in [3.63, 3.8) is 0 Å². The van der Waals surface area contributed by atoms with Crippen molar-refractivity contribution in [2.24, 2.45) is 0 Å². The smallest absolute Gasteiger partial charge is 0.255 e. The number of amides is 2. The summed E-state index contributed by atoms with van der Waals surface area (Å²) in [6.45, 7) is 5.71. The molecule has 0 saturated heterocycles. The summed E-state index contributed by atoms with van der Waals surface area (Å²) in [6.07, 6.45) is 0. The quantitative estimate of drug-likeness (QED) is 0.841. The first-order valence-corrected chi connectivity index (χ1v) is 7.95. The Hall–Kier alpha value is -3.02. The van der Waals surface area contributed by atoms with Crippen LogP contribution in [-0.2, 0) is 4.79 Å². The number of nitrogens with one attached hydrogen (secondary N) is 2. The molecule has 0 radical (unpaired) electrons. The maximum absolute atomic E-state index is 12.4. The number of carbonyl (C=O) groups excluding carboxylic acids is 2. The number of hydrogen-bond donors (Lipinski definition) is 2. The summed E-state index contributed by atoms with van der Waals surface area (Å²) in [4.78, 5) is 23.6. The van der Waals surface area contributed by atoms with Crippen molar-refractivity contribution in [3.8, 4) is 11.5 Å². The lowest BCUT2D eigenvalue weighted by Gasteiger charge is -2.12. The van der Waals surface area contributed by atoms with Gasteiger partial charge < -0.3 is 20.1 Å². The Kier molecular flexibility index (Phi) is 6.00. The normalized spacial score (nSPS) is 10.1. The molecule has 0 unspecified atom stereocenters. The Morgan fingerprint density at radius 1 is 1.04 bits per heavy atom. The van der Waals surface area contributed by atoms with Gasteiger partial charge in [0, 0.05) is 23.9 Å². The van der Waals surface area contributed by atoms with Gasteiger partial charge in [0.2, 0.25) is 5.91 Å². The lowest BCUT2D eigenvalue weighted by molar-refractivity contribution is -0.114. The minimum Gasteiger partial charge on any atom is -0.493 e. The van der Waals surface area contributed by atoms with Gasteiger partial charge in [0.25, 0.3) is 5.91 Å². The Morgan fingerprint density at radius 3 is 2.40 bits per heavy atom. The van der Waals surface area contributed by atoms with Crippen LogP contribution in [-0.4, -0.2) is 25.5 Å². The van der Waals surface area contributed by atoms with E-state index in [-0.39, 0.29) is 11.8 Å². The van der Waals surface area contributed by atoms with Gasteiger partial charge >= 0.3 is 0 Å². The highest BCUT2D eigenvalue weighted by Gasteiger charge is 2.12. The summed E-state index contributed by atoms with van der Waals surface area (Å²) < 4.78 is 10.7. The minimum absolute atomic E-state index is 0.138. The zero-order valence-corrected chi connectivity index (χ0v) is 14.8. The largest absolute Gasteiger partial charge is 0.493 e. The average Bonchev–Trinajstić information content (AvgIpc) is 2.57. The van der Waals surface area contributed by atoms with E-state index in [1.54, 1.807) is 36.4 Å². The predicted octanol–water partition coefficient (Wildman–Crippen LogP) is 3.61. The highest BCUT2D eigenvalue weighted by Crippen LogP contribution is 2.28. The summed E-state index contributed by atoms with van der Waals surface area (Å²) in [7, 11) is 1.53. The van der Waals surface area contributed by atoms with E-state index in [1.165, 1.54) is 14.0 Å². The van der Waals surface area contributed by atoms with Crippen molar-refractivity contribution in [2.45, 2.75) is 20.8 Å². The van der Waals surface area contributed by atoms with E-state index in [0.29, 0.717) is 35.0 Å². The van der Waals surface area contributed by atoms with Crippen molar-refractivity contribution < 1.29 is 19.1 Å². The van der Waals surface area contributed by atoms with Crippen LogP contribution < -0.4 is 20.1 Å². The molecule has 0 atom stereocenters. The van der Waals surface area contributed by atoms with E-state index >= 15 is 0 Å². The third-order valence-corrected chi connectivity index (χ3v) is 3.52. The topological polar surface area (TPSA) is 76.7 Å². The van der Waals surface area contributed by atoms with Crippen LogP contribution in [0.1, 0.15) is 29.8 Å². The third-order valence-electron chi connectivity index (χ3n) is 3.52. The number of aryl methyl sites for hydroxylation is 1. The second-order valence-corrected chi connectivity index (χ2v) is 5.46. The van der Waals surface area contributed by atoms with Gasteiger partial charge in [-0.2, -0.15) is 0 Å². The third kappa shape index (κ3) is 4.73. The molecular formula is C19H22N2O4. The predicted molar refractivity (Wildman–Crippen MR) is 97.6 cm³/mol. The Balaban J connectivity index is 2.16. The molecule has 2 N–H and O–H groups in total. The van der Waals surface area contributed by atoms with Gasteiger partial charge in [0.05, 0.1) is 13.7 Å². The molecule has 0 aliphatic carbocycles. The summed E-state index contributed by atoms with van der Waals surface area (Å²) in [5, 5.41) is 5.57. The van der Waals surface area contributed by atoms with E-state index in [9.17, 15) is 9.59 Å². The van der Waals surface area contributed by atoms with Crippen LogP contribution in [0.15, 0.2) is 36.4 Å². The summed E-state index contributed by atoms with van der Waals surface area (Å²) in [5.41, 5.74) is 2.68. The standard InChI is InChI=1S/C19H22N2O4/c1-5-25-17-9-6-14(11-18(17)24-4)19(23)21-15-7-8-16(12(2)10-15)20-13(3)22/h6-11H,5H2,1-4H3,(H,20,22)(H,21,23). The molecule has 6 heteroatoms. The number of methoxy groups -OCH3 is 1. The van der Waals surface area contributed by atoms with Crippen molar-refractivity contribution in [1.82, 2.24) is 0 Å². The summed E-state index contributed by atoms with van der Waals surface area (Å²) in [5.74, 6) is 0.707. The highest BCUT2D eigenvalue weighted by atomic mass is 16.5. The molecule has 0 spiro atoms. The molecule has 0 bridgehead atoms. The second-order valence-electron chi connectivity index (χ2n) is 5.46. The van der Waals surface area contributed by atoms with Gasteiger partial charge in [-0.15, -0.1) is 0 Å². The first kappa shape index (κ1) is 18.3. The molecule has 25 heavy (non-hydrogen) atoms. The zero-order chi connectivity index (χ0) is 18.4. The first-order chi connectivity index (χ1) is 11.9. The van der Waals surface area contributed by atoms with E-state index in [2.05, 4.69) is 10.6 Å². The van der Waals surface area contributed by atoms with Crippen LogP contribution in [0.3, 0.4) is 0 Å². The van der Waals surface area contributed by atoms with Gasteiger partial charge in [0.1, 0.15) is 0 Å². The van der Waals surface area contributed by atoms with Crippen LogP contribution in [0.5, 0.6) is 11.5 Å². The van der Waals surface area contributed by atoms with E-state index in [4.69, 9.17) is 9.47 Å². The van der Waals surface area contributed by atoms with E-state index in [0.717, 1.165) is 5.56 Å². The second kappa shape index (κ2) is 8.19. The average molecular weight is 342 g/mol. The van der Waals surface area contributed by atoms with Crippen molar-refractivity contribution in [2.75, 3.05) is 24.4 Å². The lowest BCUT2D eigenvalue weighted by atomic mass is 10.1. The van der Waals surface area contributed by atoms with Gasteiger partial charge in [0.15, 0.2) is 11.5 Å². The molecule has 2 rings (SSSR count). The Bertz CT molecular complexity index is 787. The molecule has 6 nitrogen and oxygen atoms in total. The Labute approximate surface area is 147 Å². The van der Waals surface area contributed by atoms with Crippen LogP contribution >= 0.6 is 0 Å². The fourth-order valence-electron chi connectivity index (χ4n) is 2.36. The molecule has 0 aliphatic heterocycles. The molecular weight excluding hydrogens is 320 g/mol. The lowest BCUT2D eigenvalue weighted by Crippen LogP contribution is -2.13. The van der Waals surface area contributed by atoms with E-state index in [1.807, 2.05) is 13.8 Å². The fourth-order valence-corrected chi connectivity index (χ4v) is 2.36. The molecule has 0 aromatic heterocycles. The van der Waals surface area contributed by atoms with Crippen LogP contribution in [0.4, 0.5) is 11.4 Å². The molecule has 0 aliphatic rings. The molecule has 0 saturated carbocycles. The number of ether oxygens (including phenoxy) is 2. The summed E-state index contributed by atoms with van der Waals surface area (Å²) in [6, 6.07) is 10.3. The van der Waals surface area contributed by atoms with Crippen molar-refractivity contribution in [3.05, 3.63) is 47.5 Å². The number of anilines is 2. The molecule has 2 aromatic rings. The number of rotatable bonds is 6. The van der Waals surface area contributed by atoms with Crippen LogP contribution in [0.25, 0.3) is 0 Å². The van der Waals surface area contributed by atoms with Gasteiger partial charge in [-0.25, -0.2) is 0 Å². The van der Waals surface area contributed by atoms with E-state index < -0.39 is 0 Å². The SMILES string of the molecule is CCOc1ccc(C(=O)Nc2ccc(NC(C)=O)c(C)c2)cc1OC. The molecule has 2 aromatic carbocycles. The maximum atomic E-state index is 12.4. The van der Waals surface area contributed by atoms with Crippen molar-refractivity contribution >= 4 is 23.2 Å². The van der Waals surface area contributed by atoms with Gasteiger partial charge in [-0.05, 0) is 55.8 Å². The monoisotopic (exact) mass is 342 g/mol. The molecule has 132 valence electrons. The Morgan fingerprint density at radius 2 is 1.80 bits per heavy atom. The fraction of sp³-hybridized carbons (Fsp3) is 0.263. The number of carbonyl (C=O) groups is 2. The molecule has 2 amide bonds. The zero-order valence-electron chi connectivity index (χ0n) is 14.8. The molecule has 0 heterocycles. The molecule has 0 fully saturated rings. The number of benzene rings is 2. The summed E-state index contributed by atoms with van der Waals surface area (Å²) >= 11 is 0. The van der Waals surface area contributed by atoms with Crippen molar-refractivity contribution in [1.29, 1.82) is 0 Å². The first-order valence-electron chi connectivity index (χ1n) is 7.95. The van der Waals surface area contributed by atoms with Crippen LogP contribution in [0.2, 0.25) is 0 Å². The van der Waals surface area contributed by atoms with Gasteiger partial charge in [-0.1, -0.05) is 0 Å². The number of hydrogen-bond acceptors (Lipinski definition) is 4. The minimum atomic E-state index is -0.256. The van der Waals surface area contributed by atoms with Gasteiger partial charge in [-0.3, -0.25) is 9.59 Å². The maximum Gasteiger partial charge on any atom is 0.255 e. The van der Waals surface area contributed by atoms with Crippen LogP contribution in [0, 0.1) is 6.92 Å². The highest BCUT2D eigenvalue weighted by molar-refractivity contribution is 6.05.